The van der Waals surface area contributed by atoms with Crippen LogP contribution in [0, 0.1) is 25.7 Å². The molecule has 0 bridgehead atoms. The topological polar surface area (TPSA) is 23.8 Å². The molecule has 46 heavy (non-hydrogen) atoms. The van der Waals surface area contributed by atoms with E-state index in [0.717, 1.165) is 23.5 Å². The number of benzene rings is 5. The molecule has 4 nitrogen and oxygen atoms in total. The van der Waals surface area contributed by atoms with Gasteiger partial charge in [-0.2, -0.15) is 18.8 Å². The van der Waals surface area contributed by atoms with Gasteiger partial charge in [0.15, 0.2) is 0 Å². The summed E-state index contributed by atoms with van der Waals surface area (Å²) in [7, 11) is 0. The summed E-state index contributed by atoms with van der Waals surface area (Å²) in [4.78, 5) is 8.98. The first-order chi connectivity index (χ1) is 22.2. The molecule has 0 radical (unpaired) electrons. The van der Waals surface area contributed by atoms with E-state index < -0.39 is 0 Å². The third-order valence-corrected chi connectivity index (χ3v) is 8.75. The van der Waals surface area contributed by atoms with Gasteiger partial charge >= 0.3 is 20.1 Å². The number of aromatic nitrogens is 2. The Kier molecular flexibility index (Phi) is 8.21. The standard InChI is InChI=1S/C29H23N3.C12H10N.Ir/c1-2-3-17-30-19-31(28-14-7-6-13-27(28)30)20-15-16-26-24(18-20)23-11-8-10-22-21-9-4-5-12-25(21)32(26)29(22)23;1-10-7-8-12(13-9-10)11-5-3-2-4-6-11;/h4-14,16,18-19H,2-3,17H2,1H3;2-5,7-9H,1H3;/q-2;-1;+3. The van der Waals surface area contributed by atoms with Gasteiger partial charge in [-0.1, -0.05) is 79.5 Å². The van der Waals surface area contributed by atoms with Crippen LogP contribution < -0.4 is 9.80 Å². The zero-order chi connectivity index (χ0) is 30.3. The Balaban J connectivity index is 0.000000204. The Hall–Kier alpha value is -4.70. The molecule has 0 aliphatic carbocycles. The quantitative estimate of drug-likeness (QED) is 0.163. The summed E-state index contributed by atoms with van der Waals surface area (Å²) in [6.45, 7) is 7.55. The van der Waals surface area contributed by atoms with Crippen LogP contribution >= 0.6 is 0 Å². The number of para-hydroxylation sites is 4. The van der Waals surface area contributed by atoms with E-state index in [1.807, 2.05) is 43.5 Å². The number of fused-ring (bicyclic) bond motifs is 7. The van der Waals surface area contributed by atoms with Crippen molar-refractivity contribution in [2.45, 2.75) is 26.7 Å². The zero-order valence-electron chi connectivity index (χ0n) is 25.9. The van der Waals surface area contributed by atoms with Crippen molar-refractivity contribution in [3.8, 4) is 11.3 Å². The maximum absolute atomic E-state index is 4.32. The fourth-order valence-corrected chi connectivity index (χ4v) is 6.55. The molecule has 0 amide bonds. The molecule has 1 aliphatic rings. The number of hydrogen-bond acceptors (Lipinski definition) is 3. The fraction of sp³-hybridized carbons (Fsp3) is 0.122. The number of hydrogen-bond donors (Lipinski definition) is 0. The molecule has 0 saturated heterocycles. The van der Waals surface area contributed by atoms with E-state index in [1.54, 1.807) is 0 Å². The molecule has 0 N–H and O–H groups in total. The van der Waals surface area contributed by atoms with Gasteiger partial charge in [-0.25, -0.2) is 0 Å². The smallest absolute Gasteiger partial charge is 0.501 e. The summed E-state index contributed by atoms with van der Waals surface area (Å²) in [6.07, 6.45) is 4.24. The van der Waals surface area contributed by atoms with Gasteiger partial charge in [-0.15, -0.1) is 53.0 Å². The number of aryl methyl sites for hydroxylation is 1. The zero-order valence-corrected chi connectivity index (χ0v) is 28.3. The van der Waals surface area contributed by atoms with Gasteiger partial charge in [-0.05, 0) is 54.7 Å². The first-order valence-electron chi connectivity index (χ1n) is 15.7. The molecular weight excluding hydrogens is 741 g/mol. The van der Waals surface area contributed by atoms with Crippen molar-refractivity contribution in [3.63, 3.8) is 0 Å². The summed E-state index contributed by atoms with van der Waals surface area (Å²) in [5, 5.41) is 5.22. The third kappa shape index (κ3) is 5.10. The predicted octanol–water partition coefficient (Wildman–Crippen LogP) is 10.4. The summed E-state index contributed by atoms with van der Waals surface area (Å²) < 4.78 is 2.41. The van der Waals surface area contributed by atoms with Crippen LogP contribution in [0.15, 0.2) is 121 Å². The molecule has 8 aromatic rings. The van der Waals surface area contributed by atoms with Crippen LogP contribution in [0.5, 0.6) is 0 Å². The Bertz CT molecular complexity index is 2260. The molecule has 1 aliphatic heterocycles. The van der Waals surface area contributed by atoms with Crippen molar-refractivity contribution in [2.24, 2.45) is 0 Å². The van der Waals surface area contributed by atoms with E-state index in [-0.39, 0.29) is 20.1 Å². The predicted molar refractivity (Wildman–Crippen MR) is 188 cm³/mol. The molecule has 3 aromatic heterocycles. The molecule has 5 aromatic carbocycles. The average molecular weight is 774 g/mol. The second-order valence-electron chi connectivity index (χ2n) is 11.7. The Morgan fingerprint density at radius 1 is 0.739 bits per heavy atom. The summed E-state index contributed by atoms with van der Waals surface area (Å²) >= 11 is 0. The van der Waals surface area contributed by atoms with Crippen LogP contribution in [0.3, 0.4) is 0 Å². The van der Waals surface area contributed by atoms with Crippen molar-refractivity contribution in [1.29, 1.82) is 0 Å². The van der Waals surface area contributed by atoms with E-state index in [9.17, 15) is 0 Å². The largest absolute Gasteiger partial charge is 3.00 e. The number of pyridine rings is 1. The molecule has 0 saturated carbocycles. The Morgan fingerprint density at radius 2 is 1.50 bits per heavy atom. The van der Waals surface area contributed by atoms with Gasteiger partial charge in [0, 0.05) is 39.4 Å². The minimum Gasteiger partial charge on any atom is -0.501 e. The van der Waals surface area contributed by atoms with Crippen LogP contribution in [0.4, 0.5) is 17.1 Å². The number of unbranched alkanes of at least 4 members (excludes halogenated alkanes) is 1. The minimum absolute atomic E-state index is 0. The molecular formula is C41H33IrN4. The SMILES string of the molecule is CCCCN1[CH-]N(c2[c-]cc3c(c2)c2cccc4c5ccccc5n3c24)c2ccccc21.Cc1ccc(-c2[c-]cccc2)nc1.[Ir+3]. The van der Waals surface area contributed by atoms with Crippen LogP contribution in [0.1, 0.15) is 25.3 Å². The first-order valence-corrected chi connectivity index (χ1v) is 15.7. The van der Waals surface area contributed by atoms with E-state index in [4.69, 9.17) is 0 Å². The molecule has 226 valence electrons. The normalized spacial score (nSPS) is 12.5. The molecule has 4 heterocycles. The maximum atomic E-state index is 4.32. The van der Waals surface area contributed by atoms with E-state index in [2.05, 4.69) is 130 Å². The van der Waals surface area contributed by atoms with Crippen molar-refractivity contribution < 1.29 is 20.1 Å². The molecule has 0 atom stereocenters. The minimum atomic E-state index is 0. The monoisotopic (exact) mass is 774 g/mol. The van der Waals surface area contributed by atoms with Crippen LogP contribution in [0.2, 0.25) is 0 Å². The number of anilines is 3. The molecule has 0 unspecified atom stereocenters. The van der Waals surface area contributed by atoms with Crippen molar-refractivity contribution >= 4 is 55.2 Å². The fourth-order valence-electron chi connectivity index (χ4n) is 6.55. The van der Waals surface area contributed by atoms with E-state index >= 15 is 0 Å². The molecule has 0 fully saturated rings. The van der Waals surface area contributed by atoms with Crippen molar-refractivity contribution in [2.75, 3.05) is 16.3 Å². The number of nitrogens with zero attached hydrogens (tertiary/aromatic N) is 4. The van der Waals surface area contributed by atoms with Gasteiger partial charge in [0.05, 0.1) is 0 Å². The Labute approximate surface area is 283 Å². The second kappa shape index (κ2) is 12.6. The molecule has 9 rings (SSSR count). The van der Waals surface area contributed by atoms with Crippen LogP contribution in [0.25, 0.3) is 49.4 Å². The second-order valence-corrected chi connectivity index (χ2v) is 11.7. The van der Waals surface area contributed by atoms with Gasteiger partial charge < -0.3 is 19.2 Å². The van der Waals surface area contributed by atoms with Crippen molar-refractivity contribution in [1.82, 2.24) is 9.38 Å². The third-order valence-electron chi connectivity index (χ3n) is 8.75. The summed E-state index contributed by atoms with van der Waals surface area (Å²) in [5.74, 6) is 0. The average Bonchev–Trinajstić information content (AvgIpc) is 3.75. The van der Waals surface area contributed by atoms with E-state index in [1.165, 1.54) is 67.9 Å². The van der Waals surface area contributed by atoms with Gasteiger partial charge in [0.25, 0.3) is 0 Å². The van der Waals surface area contributed by atoms with Gasteiger partial charge in [0.1, 0.15) is 0 Å². The first kappa shape index (κ1) is 30.0. The molecule has 5 heteroatoms. The summed E-state index contributed by atoms with van der Waals surface area (Å²) in [5.41, 5.74) is 10.6. The Morgan fingerprint density at radius 3 is 2.28 bits per heavy atom. The maximum Gasteiger partial charge on any atom is 3.00 e. The van der Waals surface area contributed by atoms with Crippen LogP contribution in [-0.2, 0) is 20.1 Å². The van der Waals surface area contributed by atoms with E-state index in [0.29, 0.717) is 0 Å². The van der Waals surface area contributed by atoms with Gasteiger partial charge in [-0.3, -0.25) is 0 Å². The summed E-state index contributed by atoms with van der Waals surface area (Å²) in [6, 6.07) is 47.2. The molecule has 0 spiro atoms. The van der Waals surface area contributed by atoms with Crippen molar-refractivity contribution in [3.05, 3.63) is 146 Å². The van der Waals surface area contributed by atoms with Crippen LogP contribution in [-0.4, -0.2) is 15.9 Å². The number of rotatable bonds is 5. The van der Waals surface area contributed by atoms with Gasteiger partial charge in [0.2, 0.25) is 0 Å².